The number of amides is 3. The summed E-state index contributed by atoms with van der Waals surface area (Å²) in [4.78, 5) is 52.9. The molecule has 2 aromatic carbocycles. The van der Waals surface area contributed by atoms with Crippen LogP contribution in [0.15, 0.2) is 47.4 Å². The molecule has 1 N–H and O–H groups in total. The van der Waals surface area contributed by atoms with E-state index in [4.69, 9.17) is 9.47 Å². The standard InChI is InChI=1S/C31H37F3N4O8S/c1-19(2)45-28(40)26(16-20-7-10-23(11-8-20)46-30(42)36(3)4)38(27(39)25-6-5-14-35-25)47(43,44)24-12-9-21-13-15-37(18-22(21)17-24)29(41)31(32,33)34/h7-12,17,19,25-26,35H,5-6,13-16,18H2,1-4H3/t25-,26-/m0/s1. The lowest BCUT2D eigenvalue weighted by Gasteiger charge is -2.33. The third-order valence-electron chi connectivity index (χ3n) is 7.68. The average molecular weight is 683 g/mol. The van der Waals surface area contributed by atoms with Crippen LogP contribution in [0.25, 0.3) is 0 Å². The SMILES string of the molecule is CC(C)OC(=O)[C@H](Cc1ccc(OC(=O)N(C)C)cc1)N(C(=O)[C@@H]1CCCN1)S(=O)(=O)c1ccc2c(c1)CN(C(=O)C(F)(F)F)CC2. The first-order valence-corrected chi connectivity index (χ1v) is 16.4. The maximum atomic E-state index is 14.4. The Labute approximate surface area is 270 Å². The molecule has 47 heavy (non-hydrogen) atoms. The lowest BCUT2D eigenvalue weighted by atomic mass is 10.00. The molecule has 2 aliphatic rings. The third-order valence-corrected chi connectivity index (χ3v) is 9.48. The van der Waals surface area contributed by atoms with Crippen molar-refractivity contribution in [2.24, 2.45) is 0 Å². The maximum absolute atomic E-state index is 14.4. The summed E-state index contributed by atoms with van der Waals surface area (Å²) in [6, 6.07) is 7.15. The van der Waals surface area contributed by atoms with E-state index in [1.807, 2.05) is 0 Å². The molecule has 0 bridgehead atoms. The second-order valence-corrected chi connectivity index (χ2v) is 13.6. The van der Waals surface area contributed by atoms with Crippen LogP contribution in [0, 0.1) is 0 Å². The van der Waals surface area contributed by atoms with Crippen molar-refractivity contribution >= 4 is 33.9 Å². The highest BCUT2D eigenvalue weighted by Crippen LogP contribution is 2.30. The van der Waals surface area contributed by atoms with Crippen LogP contribution in [0.1, 0.15) is 43.4 Å². The Kier molecular flexibility index (Phi) is 10.8. The molecule has 2 atom stereocenters. The lowest BCUT2D eigenvalue weighted by molar-refractivity contribution is -0.186. The van der Waals surface area contributed by atoms with Gasteiger partial charge in [0.2, 0.25) is 0 Å². The van der Waals surface area contributed by atoms with Gasteiger partial charge in [0.1, 0.15) is 11.8 Å². The zero-order valence-electron chi connectivity index (χ0n) is 26.4. The van der Waals surface area contributed by atoms with Crippen LogP contribution in [-0.4, -0.2) is 97.9 Å². The van der Waals surface area contributed by atoms with E-state index in [0.29, 0.717) is 39.7 Å². The Hall–Kier alpha value is -4.18. The first-order chi connectivity index (χ1) is 22.0. The number of ether oxygens (including phenoxy) is 2. The number of esters is 1. The zero-order chi connectivity index (χ0) is 34.7. The number of rotatable bonds is 9. The summed E-state index contributed by atoms with van der Waals surface area (Å²) < 4.78 is 79.4. The van der Waals surface area contributed by atoms with E-state index in [9.17, 15) is 40.8 Å². The number of nitrogens with zero attached hydrogens (tertiary/aromatic N) is 3. The van der Waals surface area contributed by atoms with Crippen molar-refractivity contribution in [2.75, 3.05) is 27.2 Å². The second kappa shape index (κ2) is 14.3. The Balaban J connectivity index is 1.75. The van der Waals surface area contributed by atoms with E-state index in [2.05, 4.69) is 5.32 Å². The molecule has 2 aromatic rings. The van der Waals surface area contributed by atoms with Gasteiger partial charge in [0.05, 0.1) is 17.0 Å². The Morgan fingerprint density at radius 3 is 2.30 bits per heavy atom. The number of sulfonamides is 1. The topological polar surface area (TPSA) is 143 Å². The fourth-order valence-corrected chi connectivity index (χ4v) is 6.95. The molecular formula is C31H37F3N4O8S. The molecule has 2 heterocycles. The number of nitrogens with one attached hydrogen (secondary N) is 1. The number of fused-ring (bicyclic) bond motifs is 1. The van der Waals surface area contributed by atoms with Crippen LogP contribution in [0.4, 0.5) is 18.0 Å². The molecule has 0 aliphatic carbocycles. The molecule has 0 saturated carbocycles. The molecule has 1 fully saturated rings. The predicted octanol–water partition coefficient (Wildman–Crippen LogP) is 3.03. The van der Waals surface area contributed by atoms with Crippen molar-refractivity contribution in [1.82, 2.24) is 19.4 Å². The predicted molar refractivity (Wildman–Crippen MR) is 162 cm³/mol. The monoisotopic (exact) mass is 682 g/mol. The molecule has 0 aromatic heterocycles. The van der Waals surface area contributed by atoms with Gasteiger partial charge in [0.25, 0.3) is 15.9 Å². The molecule has 2 aliphatic heterocycles. The van der Waals surface area contributed by atoms with Crippen molar-refractivity contribution in [2.45, 2.75) is 75.3 Å². The molecule has 256 valence electrons. The molecule has 0 spiro atoms. The van der Waals surface area contributed by atoms with Crippen molar-refractivity contribution in [3.05, 3.63) is 59.2 Å². The van der Waals surface area contributed by atoms with E-state index in [0.717, 1.165) is 6.07 Å². The molecule has 0 unspecified atom stereocenters. The van der Waals surface area contributed by atoms with E-state index in [-0.39, 0.29) is 30.7 Å². The summed E-state index contributed by atoms with van der Waals surface area (Å²) in [5.74, 6) is -3.73. The zero-order valence-corrected chi connectivity index (χ0v) is 27.2. The van der Waals surface area contributed by atoms with Gasteiger partial charge < -0.3 is 24.6 Å². The van der Waals surface area contributed by atoms with Gasteiger partial charge in [0, 0.05) is 33.6 Å². The van der Waals surface area contributed by atoms with E-state index >= 15 is 0 Å². The summed E-state index contributed by atoms with van der Waals surface area (Å²) >= 11 is 0. The van der Waals surface area contributed by atoms with Crippen molar-refractivity contribution in [1.29, 1.82) is 0 Å². The van der Waals surface area contributed by atoms with Gasteiger partial charge in [-0.15, -0.1) is 0 Å². The molecule has 4 rings (SSSR count). The summed E-state index contributed by atoms with van der Waals surface area (Å²) in [5.41, 5.74) is 1.14. The summed E-state index contributed by atoms with van der Waals surface area (Å²) in [7, 11) is -1.81. The fraction of sp³-hybridized carbons (Fsp3) is 0.484. The number of carbonyl (C=O) groups is 4. The van der Waals surface area contributed by atoms with Crippen LogP contribution in [-0.2, 0) is 48.5 Å². The molecule has 0 radical (unpaired) electrons. The first kappa shape index (κ1) is 35.7. The minimum absolute atomic E-state index is 0.0648. The first-order valence-electron chi connectivity index (χ1n) is 15.0. The maximum Gasteiger partial charge on any atom is 0.471 e. The summed E-state index contributed by atoms with van der Waals surface area (Å²) in [6.07, 6.45) is -5.74. The van der Waals surface area contributed by atoms with E-state index in [1.54, 1.807) is 13.8 Å². The van der Waals surface area contributed by atoms with Gasteiger partial charge in [-0.05, 0) is 80.6 Å². The smallest absolute Gasteiger partial charge is 0.461 e. The lowest BCUT2D eigenvalue weighted by Crippen LogP contribution is -2.55. The Bertz CT molecular complexity index is 1610. The van der Waals surface area contributed by atoms with Crippen LogP contribution < -0.4 is 10.1 Å². The minimum Gasteiger partial charge on any atom is -0.461 e. The van der Waals surface area contributed by atoms with Gasteiger partial charge in [-0.2, -0.15) is 13.2 Å². The molecule has 16 heteroatoms. The Morgan fingerprint density at radius 1 is 1.04 bits per heavy atom. The number of hydrogen-bond acceptors (Lipinski definition) is 9. The highest BCUT2D eigenvalue weighted by Gasteiger charge is 2.45. The number of carbonyl (C=O) groups excluding carboxylic acids is 4. The Morgan fingerprint density at radius 2 is 1.72 bits per heavy atom. The minimum atomic E-state index is -5.10. The molecule has 12 nitrogen and oxygen atoms in total. The van der Waals surface area contributed by atoms with Gasteiger partial charge in [0.15, 0.2) is 0 Å². The normalized spacial score (nSPS) is 17.1. The highest BCUT2D eigenvalue weighted by atomic mass is 32.2. The summed E-state index contributed by atoms with van der Waals surface area (Å²) in [5, 5.41) is 2.96. The van der Waals surface area contributed by atoms with Crippen LogP contribution >= 0.6 is 0 Å². The second-order valence-electron chi connectivity index (χ2n) is 11.8. The third kappa shape index (κ3) is 8.41. The number of hydrogen-bond donors (Lipinski definition) is 1. The van der Waals surface area contributed by atoms with Crippen molar-refractivity contribution in [3.63, 3.8) is 0 Å². The molecule has 1 saturated heterocycles. The van der Waals surface area contributed by atoms with Crippen LogP contribution in [0.3, 0.4) is 0 Å². The highest BCUT2D eigenvalue weighted by molar-refractivity contribution is 7.89. The van der Waals surface area contributed by atoms with Gasteiger partial charge in [-0.1, -0.05) is 18.2 Å². The number of benzene rings is 2. The quantitative estimate of drug-likeness (QED) is 0.395. The molecule has 3 amide bonds. The number of alkyl halides is 3. The van der Waals surface area contributed by atoms with Crippen LogP contribution in [0.5, 0.6) is 5.75 Å². The average Bonchev–Trinajstić information content (AvgIpc) is 3.55. The van der Waals surface area contributed by atoms with E-state index < -0.39 is 69.7 Å². The number of halogens is 3. The van der Waals surface area contributed by atoms with Gasteiger partial charge in [-0.25, -0.2) is 22.3 Å². The molecular weight excluding hydrogens is 645 g/mol. The van der Waals surface area contributed by atoms with E-state index in [1.165, 1.54) is 55.4 Å². The fourth-order valence-electron chi connectivity index (χ4n) is 5.33. The summed E-state index contributed by atoms with van der Waals surface area (Å²) in [6.45, 7) is 2.89. The van der Waals surface area contributed by atoms with Crippen molar-refractivity contribution in [3.8, 4) is 5.75 Å². The van der Waals surface area contributed by atoms with Crippen LogP contribution in [0.2, 0.25) is 0 Å². The largest absolute Gasteiger partial charge is 0.471 e. The van der Waals surface area contributed by atoms with Crippen molar-refractivity contribution < 1.29 is 50.2 Å². The van der Waals surface area contributed by atoms with Gasteiger partial charge in [-0.3, -0.25) is 9.59 Å². The van der Waals surface area contributed by atoms with Gasteiger partial charge >= 0.3 is 24.1 Å².